The lowest BCUT2D eigenvalue weighted by Crippen LogP contribution is -2.10. The van der Waals surface area contributed by atoms with E-state index >= 15 is 0 Å². The van der Waals surface area contributed by atoms with Crippen LogP contribution >= 0.6 is 0 Å². The Balaban J connectivity index is 2.69. The zero-order chi connectivity index (χ0) is 18.1. The van der Waals surface area contributed by atoms with Crippen LogP contribution < -0.4 is 0 Å². The molecule has 0 bridgehead atoms. The zero-order valence-corrected chi connectivity index (χ0v) is 15.3. The Morgan fingerprint density at radius 3 is 1.38 bits per heavy atom. The number of benzene rings is 1. The molecule has 0 radical (unpaired) electrons. The summed E-state index contributed by atoms with van der Waals surface area (Å²) in [6.45, 7) is 11.6. The van der Waals surface area contributed by atoms with Gasteiger partial charge in [0.15, 0.2) is 0 Å². The van der Waals surface area contributed by atoms with Crippen LogP contribution in [0.5, 0.6) is 0 Å². The molecule has 0 atom stereocenters. The van der Waals surface area contributed by atoms with Gasteiger partial charge >= 0.3 is 0 Å². The Bertz CT molecular complexity index is 738. The van der Waals surface area contributed by atoms with Crippen LogP contribution in [0.25, 0.3) is 23.2 Å². The van der Waals surface area contributed by atoms with Gasteiger partial charge in [-0.25, -0.2) is 9.97 Å². The van der Waals surface area contributed by atoms with Crippen molar-refractivity contribution in [2.24, 2.45) is 10.8 Å². The monoisotopic (exact) mass is 326 g/mol. The maximum Gasteiger partial charge on any atom is 0.0998 e. The first kappa shape index (κ1) is 18.0. The maximum atomic E-state index is 10.3. The first-order chi connectivity index (χ1) is 11.0. The molecule has 2 N–H and O–H groups in total. The van der Waals surface area contributed by atoms with Gasteiger partial charge in [-0.1, -0.05) is 53.7 Å². The third-order valence-electron chi connectivity index (χ3n) is 3.71. The number of aliphatic hydroxyl groups excluding tert-OH is 2. The fraction of sp³-hybridized carbons (Fsp3) is 0.400. The van der Waals surface area contributed by atoms with Crippen molar-refractivity contribution in [2.75, 3.05) is 0 Å². The summed E-state index contributed by atoms with van der Waals surface area (Å²) >= 11 is 0. The molecule has 1 aromatic heterocycles. The second-order valence-corrected chi connectivity index (χ2v) is 8.04. The van der Waals surface area contributed by atoms with E-state index in [-0.39, 0.29) is 22.3 Å². The van der Waals surface area contributed by atoms with E-state index in [1.54, 1.807) is 12.2 Å². The molecule has 24 heavy (non-hydrogen) atoms. The van der Waals surface area contributed by atoms with Crippen LogP contribution in [0, 0.1) is 10.8 Å². The van der Waals surface area contributed by atoms with Crippen LogP contribution in [0.2, 0.25) is 0 Å². The summed E-state index contributed by atoms with van der Waals surface area (Å²) in [6.07, 6.45) is 3.25. The Morgan fingerprint density at radius 2 is 1.08 bits per heavy atom. The molecule has 0 fully saturated rings. The van der Waals surface area contributed by atoms with E-state index in [0.29, 0.717) is 11.4 Å². The van der Waals surface area contributed by atoms with Gasteiger partial charge in [0.2, 0.25) is 0 Å². The van der Waals surface area contributed by atoms with Crippen molar-refractivity contribution in [3.05, 3.63) is 47.2 Å². The standard InChI is InChI=1S/C20H26N2O2/c1-19(2,3)17(23)11-15-16(12-18(24)20(4,5)6)22-14-10-8-7-9-13(14)21-15/h7-12,23-24H,1-6H3/b17-11-,18-12-. The van der Waals surface area contributed by atoms with Crippen molar-refractivity contribution in [1.82, 2.24) is 9.97 Å². The van der Waals surface area contributed by atoms with Crippen LogP contribution in [0.1, 0.15) is 52.9 Å². The number of nitrogens with zero attached hydrogens (tertiary/aromatic N) is 2. The molecule has 0 aliphatic heterocycles. The van der Waals surface area contributed by atoms with Gasteiger partial charge in [0, 0.05) is 23.0 Å². The quantitative estimate of drug-likeness (QED) is 0.713. The van der Waals surface area contributed by atoms with Gasteiger partial charge in [-0.3, -0.25) is 0 Å². The van der Waals surface area contributed by atoms with Crippen molar-refractivity contribution >= 4 is 23.2 Å². The molecule has 0 aliphatic rings. The smallest absolute Gasteiger partial charge is 0.0998 e. The summed E-state index contributed by atoms with van der Waals surface area (Å²) in [7, 11) is 0. The number of aromatic nitrogens is 2. The Morgan fingerprint density at radius 1 is 0.750 bits per heavy atom. The van der Waals surface area contributed by atoms with Gasteiger partial charge in [-0.2, -0.15) is 0 Å². The summed E-state index contributed by atoms with van der Waals surface area (Å²) in [5.41, 5.74) is 1.80. The van der Waals surface area contributed by atoms with Gasteiger partial charge in [0.05, 0.1) is 33.9 Å². The molecule has 128 valence electrons. The van der Waals surface area contributed by atoms with Crippen molar-refractivity contribution in [3.63, 3.8) is 0 Å². The van der Waals surface area contributed by atoms with Crippen molar-refractivity contribution in [3.8, 4) is 0 Å². The molecular formula is C20H26N2O2. The molecule has 1 aromatic carbocycles. The summed E-state index contributed by atoms with van der Waals surface area (Å²) in [5.74, 6) is 0.439. The van der Waals surface area contributed by atoms with Gasteiger partial charge in [-0.15, -0.1) is 0 Å². The fourth-order valence-electron chi connectivity index (χ4n) is 1.93. The van der Waals surface area contributed by atoms with Gasteiger partial charge in [0.25, 0.3) is 0 Å². The molecule has 0 aliphatic carbocycles. The second kappa shape index (κ2) is 6.27. The highest BCUT2D eigenvalue weighted by Gasteiger charge is 2.20. The molecule has 0 spiro atoms. The van der Waals surface area contributed by atoms with Crippen molar-refractivity contribution in [1.29, 1.82) is 0 Å². The number of para-hydroxylation sites is 2. The van der Waals surface area contributed by atoms with Gasteiger partial charge in [-0.05, 0) is 12.1 Å². The van der Waals surface area contributed by atoms with Crippen LogP contribution in [0.4, 0.5) is 0 Å². The first-order valence-electron chi connectivity index (χ1n) is 8.07. The highest BCUT2D eigenvalue weighted by molar-refractivity contribution is 5.78. The third kappa shape index (κ3) is 4.13. The Hall–Kier alpha value is -2.36. The van der Waals surface area contributed by atoms with Gasteiger partial charge in [0.1, 0.15) is 0 Å². The molecule has 0 amide bonds. The van der Waals surface area contributed by atoms with E-state index in [0.717, 1.165) is 11.0 Å². The number of hydrogen-bond donors (Lipinski definition) is 2. The van der Waals surface area contributed by atoms with E-state index in [9.17, 15) is 10.2 Å². The van der Waals surface area contributed by atoms with E-state index in [2.05, 4.69) is 9.97 Å². The number of hydrogen-bond acceptors (Lipinski definition) is 4. The largest absolute Gasteiger partial charge is 0.512 e. The maximum absolute atomic E-state index is 10.3. The Labute approximate surface area is 143 Å². The summed E-state index contributed by atoms with van der Waals surface area (Å²) < 4.78 is 0. The topological polar surface area (TPSA) is 66.2 Å². The minimum atomic E-state index is -0.389. The molecule has 1 heterocycles. The summed E-state index contributed by atoms with van der Waals surface area (Å²) in [4.78, 5) is 9.22. The van der Waals surface area contributed by atoms with Crippen LogP contribution in [-0.4, -0.2) is 20.2 Å². The summed E-state index contributed by atoms with van der Waals surface area (Å²) in [5, 5.41) is 20.7. The zero-order valence-electron chi connectivity index (χ0n) is 15.3. The highest BCUT2D eigenvalue weighted by Crippen LogP contribution is 2.28. The van der Waals surface area contributed by atoms with Crippen molar-refractivity contribution < 1.29 is 10.2 Å². The fourth-order valence-corrected chi connectivity index (χ4v) is 1.93. The van der Waals surface area contributed by atoms with Crippen LogP contribution in [0.15, 0.2) is 35.8 Å². The number of allylic oxidation sites excluding steroid dienone is 2. The minimum absolute atomic E-state index is 0.219. The predicted octanol–water partition coefficient (Wildman–Crippen LogP) is 5.52. The van der Waals surface area contributed by atoms with E-state index < -0.39 is 0 Å². The average Bonchev–Trinajstić information content (AvgIpc) is 2.45. The Kier molecular flexibility index (Phi) is 4.70. The summed E-state index contributed by atoms with van der Waals surface area (Å²) in [6, 6.07) is 7.56. The van der Waals surface area contributed by atoms with E-state index in [4.69, 9.17) is 0 Å². The molecule has 2 aromatic rings. The van der Waals surface area contributed by atoms with Gasteiger partial charge < -0.3 is 10.2 Å². The third-order valence-corrected chi connectivity index (χ3v) is 3.71. The predicted molar refractivity (Wildman–Crippen MR) is 99.7 cm³/mol. The number of aliphatic hydroxyl groups is 2. The van der Waals surface area contributed by atoms with E-state index in [1.165, 1.54) is 0 Å². The SMILES string of the molecule is CC(C)(C)/C(O)=C/c1nc2ccccc2nc1/C=C(\O)C(C)(C)C. The lowest BCUT2D eigenvalue weighted by Gasteiger charge is -2.19. The minimum Gasteiger partial charge on any atom is -0.512 e. The number of rotatable bonds is 2. The van der Waals surface area contributed by atoms with Crippen LogP contribution in [0.3, 0.4) is 0 Å². The van der Waals surface area contributed by atoms with Crippen LogP contribution in [-0.2, 0) is 0 Å². The normalized spacial score (nSPS) is 14.2. The van der Waals surface area contributed by atoms with Crippen molar-refractivity contribution in [2.45, 2.75) is 41.5 Å². The molecule has 2 rings (SSSR count). The highest BCUT2D eigenvalue weighted by atomic mass is 16.3. The van der Waals surface area contributed by atoms with E-state index in [1.807, 2.05) is 65.8 Å². The second-order valence-electron chi connectivity index (χ2n) is 8.04. The molecule has 4 nitrogen and oxygen atoms in total. The molecule has 0 unspecified atom stereocenters. The lowest BCUT2D eigenvalue weighted by atomic mass is 9.92. The molecule has 0 saturated heterocycles. The molecule has 0 saturated carbocycles. The molecule has 4 heteroatoms. The first-order valence-corrected chi connectivity index (χ1v) is 8.07. The number of fused-ring (bicyclic) bond motifs is 1. The average molecular weight is 326 g/mol. The lowest BCUT2D eigenvalue weighted by molar-refractivity contribution is 0.282. The molecular weight excluding hydrogens is 300 g/mol.